The molecule has 13 heavy (non-hydrogen) atoms. The highest BCUT2D eigenvalue weighted by Crippen LogP contribution is 2.23. The first kappa shape index (κ1) is 9.77. The van der Waals surface area contributed by atoms with Crippen LogP contribution in [-0.4, -0.2) is 17.1 Å². The summed E-state index contributed by atoms with van der Waals surface area (Å²) >= 11 is 0. The van der Waals surface area contributed by atoms with Crippen LogP contribution in [0.5, 0.6) is 5.88 Å². The summed E-state index contributed by atoms with van der Waals surface area (Å²) in [5.41, 5.74) is 5.98. The van der Waals surface area contributed by atoms with Crippen LogP contribution in [-0.2, 0) is 5.41 Å². The zero-order valence-electron chi connectivity index (χ0n) is 8.46. The highest BCUT2D eigenvalue weighted by molar-refractivity contribution is 5.45. The van der Waals surface area contributed by atoms with Crippen molar-refractivity contribution in [1.29, 1.82) is 0 Å². The molecule has 0 atom stereocenters. The van der Waals surface area contributed by atoms with E-state index in [1.165, 1.54) is 0 Å². The second-order valence-electron chi connectivity index (χ2n) is 3.91. The molecule has 0 saturated carbocycles. The maximum absolute atomic E-state index is 5.59. The minimum atomic E-state index is -0.0824. The standard InChI is InChI=1S/C9H15N3O/c1-9(2,3)8-11-5-6(10)7(12-8)13-4/h5H,10H2,1-4H3. The zero-order chi connectivity index (χ0) is 10.1. The minimum Gasteiger partial charge on any atom is -0.479 e. The fourth-order valence-corrected chi connectivity index (χ4v) is 0.900. The molecule has 4 nitrogen and oxygen atoms in total. The van der Waals surface area contributed by atoms with E-state index in [4.69, 9.17) is 10.5 Å². The van der Waals surface area contributed by atoms with Gasteiger partial charge in [-0.1, -0.05) is 20.8 Å². The quantitative estimate of drug-likeness (QED) is 0.710. The molecular weight excluding hydrogens is 166 g/mol. The molecule has 1 heterocycles. The molecule has 0 bridgehead atoms. The molecule has 0 aromatic carbocycles. The Bertz CT molecular complexity index is 304. The van der Waals surface area contributed by atoms with Gasteiger partial charge in [0.15, 0.2) is 0 Å². The predicted molar refractivity (Wildman–Crippen MR) is 51.7 cm³/mol. The van der Waals surface area contributed by atoms with Crippen LogP contribution in [0, 0.1) is 0 Å². The maximum Gasteiger partial charge on any atom is 0.240 e. The first-order valence-electron chi connectivity index (χ1n) is 4.12. The largest absolute Gasteiger partial charge is 0.479 e. The van der Waals surface area contributed by atoms with Crippen LogP contribution < -0.4 is 10.5 Å². The molecule has 0 aliphatic heterocycles. The van der Waals surface area contributed by atoms with Crippen LogP contribution >= 0.6 is 0 Å². The maximum atomic E-state index is 5.59. The van der Waals surface area contributed by atoms with Gasteiger partial charge in [-0.25, -0.2) is 4.98 Å². The molecule has 0 aliphatic rings. The van der Waals surface area contributed by atoms with E-state index in [1.807, 2.05) is 20.8 Å². The normalized spacial score (nSPS) is 11.4. The summed E-state index contributed by atoms with van der Waals surface area (Å²) in [5, 5.41) is 0. The Hall–Kier alpha value is -1.32. The fraction of sp³-hybridized carbons (Fsp3) is 0.556. The van der Waals surface area contributed by atoms with Crippen LogP contribution in [0.4, 0.5) is 5.69 Å². The molecule has 0 amide bonds. The van der Waals surface area contributed by atoms with Crippen molar-refractivity contribution >= 4 is 5.69 Å². The van der Waals surface area contributed by atoms with E-state index in [0.29, 0.717) is 11.6 Å². The highest BCUT2D eigenvalue weighted by atomic mass is 16.5. The number of rotatable bonds is 1. The molecule has 0 spiro atoms. The van der Waals surface area contributed by atoms with Crippen molar-refractivity contribution in [2.24, 2.45) is 0 Å². The number of hydrogen-bond acceptors (Lipinski definition) is 4. The van der Waals surface area contributed by atoms with Gasteiger partial charge in [-0.15, -0.1) is 0 Å². The summed E-state index contributed by atoms with van der Waals surface area (Å²) in [4.78, 5) is 8.35. The van der Waals surface area contributed by atoms with Gasteiger partial charge in [-0.05, 0) is 0 Å². The van der Waals surface area contributed by atoms with Gasteiger partial charge in [-0.3, -0.25) is 0 Å². The average Bonchev–Trinajstić information content (AvgIpc) is 2.03. The third-order valence-electron chi connectivity index (χ3n) is 1.64. The van der Waals surface area contributed by atoms with Gasteiger partial charge in [0.25, 0.3) is 0 Å². The Morgan fingerprint density at radius 3 is 2.46 bits per heavy atom. The van der Waals surface area contributed by atoms with E-state index in [-0.39, 0.29) is 5.41 Å². The molecule has 0 unspecified atom stereocenters. The topological polar surface area (TPSA) is 61.0 Å². The molecule has 2 N–H and O–H groups in total. The smallest absolute Gasteiger partial charge is 0.240 e. The molecule has 0 radical (unpaired) electrons. The average molecular weight is 181 g/mol. The van der Waals surface area contributed by atoms with Crippen LogP contribution in [0.15, 0.2) is 6.20 Å². The molecule has 0 fully saturated rings. The molecule has 1 rings (SSSR count). The van der Waals surface area contributed by atoms with Gasteiger partial charge in [0.1, 0.15) is 11.5 Å². The summed E-state index contributed by atoms with van der Waals surface area (Å²) in [6.07, 6.45) is 1.58. The summed E-state index contributed by atoms with van der Waals surface area (Å²) in [7, 11) is 1.55. The van der Waals surface area contributed by atoms with Crippen LogP contribution in [0.2, 0.25) is 0 Å². The van der Waals surface area contributed by atoms with E-state index < -0.39 is 0 Å². The van der Waals surface area contributed by atoms with Gasteiger partial charge in [0, 0.05) is 5.41 Å². The van der Waals surface area contributed by atoms with Crippen molar-refractivity contribution in [3.63, 3.8) is 0 Å². The lowest BCUT2D eigenvalue weighted by Gasteiger charge is -2.16. The van der Waals surface area contributed by atoms with Crippen molar-refractivity contribution in [2.75, 3.05) is 12.8 Å². The molecular formula is C9H15N3O. The fourth-order valence-electron chi connectivity index (χ4n) is 0.900. The van der Waals surface area contributed by atoms with E-state index in [0.717, 1.165) is 5.82 Å². The van der Waals surface area contributed by atoms with E-state index in [1.54, 1.807) is 13.3 Å². The van der Waals surface area contributed by atoms with Crippen molar-refractivity contribution in [3.8, 4) is 5.88 Å². The highest BCUT2D eigenvalue weighted by Gasteiger charge is 2.18. The number of nitrogens with two attached hydrogens (primary N) is 1. The lowest BCUT2D eigenvalue weighted by Crippen LogP contribution is -2.16. The Morgan fingerprint density at radius 1 is 1.38 bits per heavy atom. The summed E-state index contributed by atoms with van der Waals surface area (Å²) < 4.78 is 5.00. The van der Waals surface area contributed by atoms with Gasteiger partial charge >= 0.3 is 0 Å². The molecule has 4 heteroatoms. The number of methoxy groups -OCH3 is 1. The first-order valence-corrected chi connectivity index (χ1v) is 4.12. The van der Waals surface area contributed by atoms with Crippen molar-refractivity contribution in [2.45, 2.75) is 26.2 Å². The van der Waals surface area contributed by atoms with E-state index >= 15 is 0 Å². The Balaban J connectivity index is 3.14. The number of nitrogens with zero attached hydrogens (tertiary/aromatic N) is 2. The summed E-state index contributed by atoms with van der Waals surface area (Å²) in [5.74, 6) is 1.18. The molecule has 1 aromatic heterocycles. The third-order valence-corrected chi connectivity index (χ3v) is 1.64. The van der Waals surface area contributed by atoms with Crippen LogP contribution in [0.25, 0.3) is 0 Å². The van der Waals surface area contributed by atoms with E-state index in [2.05, 4.69) is 9.97 Å². The first-order chi connectivity index (χ1) is 5.95. The molecule has 0 aliphatic carbocycles. The molecule has 1 aromatic rings. The minimum absolute atomic E-state index is 0.0824. The van der Waals surface area contributed by atoms with Crippen LogP contribution in [0.1, 0.15) is 26.6 Å². The van der Waals surface area contributed by atoms with Gasteiger partial charge in [0.05, 0.1) is 13.3 Å². The SMILES string of the molecule is COc1nc(C(C)(C)C)ncc1N. The number of ether oxygens (including phenoxy) is 1. The van der Waals surface area contributed by atoms with Crippen molar-refractivity contribution < 1.29 is 4.74 Å². The molecule has 0 saturated heterocycles. The monoisotopic (exact) mass is 181 g/mol. The molecule has 72 valence electrons. The number of aromatic nitrogens is 2. The van der Waals surface area contributed by atoms with Crippen LogP contribution in [0.3, 0.4) is 0 Å². The van der Waals surface area contributed by atoms with Gasteiger partial charge in [0.2, 0.25) is 5.88 Å². The lowest BCUT2D eigenvalue weighted by molar-refractivity contribution is 0.391. The second-order valence-corrected chi connectivity index (χ2v) is 3.91. The van der Waals surface area contributed by atoms with Gasteiger partial charge < -0.3 is 10.5 Å². The Labute approximate surface area is 78.1 Å². The van der Waals surface area contributed by atoms with E-state index in [9.17, 15) is 0 Å². The summed E-state index contributed by atoms with van der Waals surface area (Å²) in [6.45, 7) is 6.12. The number of hydrogen-bond donors (Lipinski definition) is 1. The third kappa shape index (κ3) is 2.08. The summed E-state index contributed by atoms with van der Waals surface area (Å²) in [6, 6.07) is 0. The number of anilines is 1. The zero-order valence-corrected chi connectivity index (χ0v) is 8.46. The second kappa shape index (κ2) is 3.20. The predicted octanol–water partition coefficient (Wildman–Crippen LogP) is 1.36. The lowest BCUT2D eigenvalue weighted by atomic mass is 9.96. The Kier molecular flexibility index (Phi) is 2.40. The van der Waals surface area contributed by atoms with Crippen molar-refractivity contribution in [3.05, 3.63) is 12.0 Å². The van der Waals surface area contributed by atoms with Crippen molar-refractivity contribution in [1.82, 2.24) is 9.97 Å². The Morgan fingerprint density at radius 2 is 2.00 bits per heavy atom. The number of nitrogen functional groups attached to an aromatic ring is 1. The van der Waals surface area contributed by atoms with Gasteiger partial charge in [-0.2, -0.15) is 4.98 Å².